The Kier molecular flexibility index (Phi) is 3.58. The van der Waals surface area contributed by atoms with Gasteiger partial charge in [-0.15, -0.1) is 11.6 Å². The summed E-state index contributed by atoms with van der Waals surface area (Å²) in [4.78, 5) is 23.8. The highest BCUT2D eigenvalue weighted by atomic mass is 35.5. The van der Waals surface area contributed by atoms with Crippen LogP contribution in [0.25, 0.3) is 0 Å². The number of aromatic nitrogens is 1. The van der Waals surface area contributed by atoms with Crippen LogP contribution in [0.15, 0.2) is 17.1 Å². The average Bonchev–Trinajstić information content (AvgIpc) is 2.19. The van der Waals surface area contributed by atoms with Crippen molar-refractivity contribution in [1.29, 1.82) is 0 Å². The van der Waals surface area contributed by atoms with Crippen LogP contribution in [-0.4, -0.2) is 16.8 Å². The van der Waals surface area contributed by atoms with E-state index in [0.29, 0.717) is 12.3 Å². The largest absolute Gasteiger partial charge is 0.417 e. The average molecular weight is 255 g/mol. The lowest BCUT2D eigenvalue weighted by Gasteiger charge is -2.08. The molecule has 1 amide bonds. The molecule has 0 saturated carbocycles. The molecule has 16 heavy (non-hydrogen) atoms. The molecule has 0 aliphatic heterocycles. The zero-order chi connectivity index (χ0) is 12.3. The molecule has 1 aromatic rings. The van der Waals surface area contributed by atoms with Gasteiger partial charge in [0.1, 0.15) is 11.6 Å². The zero-order valence-corrected chi connectivity index (χ0v) is 8.45. The molecular weight excluding hydrogens is 249 g/mol. The van der Waals surface area contributed by atoms with Crippen molar-refractivity contribution in [2.75, 3.05) is 11.2 Å². The Morgan fingerprint density at radius 3 is 2.62 bits per heavy atom. The second kappa shape index (κ2) is 4.56. The third kappa shape index (κ3) is 2.99. The molecule has 1 aromatic heterocycles. The van der Waals surface area contributed by atoms with Crippen LogP contribution in [0, 0.1) is 0 Å². The van der Waals surface area contributed by atoms with Crippen molar-refractivity contribution in [3.05, 3.63) is 28.2 Å². The number of carbonyl (C=O) groups is 1. The number of rotatable bonds is 2. The van der Waals surface area contributed by atoms with Gasteiger partial charge < -0.3 is 10.3 Å². The summed E-state index contributed by atoms with van der Waals surface area (Å²) in [6.07, 6.45) is -4.07. The predicted molar refractivity (Wildman–Crippen MR) is 51.4 cm³/mol. The number of H-pyrrole nitrogens is 1. The molecule has 1 rings (SSSR count). The predicted octanol–water partition coefficient (Wildman–Crippen LogP) is 1.57. The topological polar surface area (TPSA) is 62.0 Å². The van der Waals surface area contributed by atoms with Crippen molar-refractivity contribution in [3.63, 3.8) is 0 Å². The molecular formula is C8H6ClF3N2O2. The third-order valence-electron chi connectivity index (χ3n) is 1.63. The number of anilines is 1. The van der Waals surface area contributed by atoms with Gasteiger partial charge in [-0.25, -0.2) is 0 Å². The lowest BCUT2D eigenvalue weighted by molar-refractivity contribution is -0.137. The molecule has 0 spiro atoms. The van der Waals surface area contributed by atoms with E-state index >= 15 is 0 Å². The van der Waals surface area contributed by atoms with Crippen molar-refractivity contribution in [2.45, 2.75) is 6.18 Å². The van der Waals surface area contributed by atoms with E-state index in [4.69, 9.17) is 11.6 Å². The minimum atomic E-state index is -4.59. The van der Waals surface area contributed by atoms with Crippen LogP contribution >= 0.6 is 11.6 Å². The monoisotopic (exact) mass is 254 g/mol. The van der Waals surface area contributed by atoms with Gasteiger partial charge in [0.15, 0.2) is 0 Å². The number of halogens is 4. The number of hydrogen-bond donors (Lipinski definition) is 2. The van der Waals surface area contributed by atoms with Gasteiger partial charge in [0.05, 0.1) is 5.56 Å². The number of aromatic amines is 1. The highest BCUT2D eigenvalue weighted by molar-refractivity contribution is 6.29. The Labute approximate surface area is 92.4 Å². The first-order chi connectivity index (χ1) is 7.34. The number of amides is 1. The van der Waals surface area contributed by atoms with Gasteiger partial charge in [-0.2, -0.15) is 13.2 Å². The van der Waals surface area contributed by atoms with Gasteiger partial charge in [0.25, 0.3) is 5.56 Å². The molecule has 2 N–H and O–H groups in total. The molecule has 1 heterocycles. The Bertz CT molecular complexity index is 455. The summed E-state index contributed by atoms with van der Waals surface area (Å²) >= 11 is 5.14. The van der Waals surface area contributed by atoms with Crippen molar-refractivity contribution >= 4 is 23.2 Å². The molecule has 0 aliphatic carbocycles. The standard InChI is InChI=1S/C8H6ClF3N2O2/c9-2-6(15)14-5-1-4(8(10,11)12)3-13-7(5)16/h1,3H,2H2,(H,13,16)(H,14,15). The van der Waals surface area contributed by atoms with Gasteiger partial charge in [-0.1, -0.05) is 0 Å². The number of alkyl halides is 4. The van der Waals surface area contributed by atoms with E-state index in [1.54, 1.807) is 0 Å². The lowest BCUT2D eigenvalue weighted by atomic mass is 10.2. The fourth-order valence-electron chi connectivity index (χ4n) is 0.924. The molecule has 0 radical (unpaired) electrons. The fourth-order valence-corrected chi connectivity index (χ4v) is 0.991. The molecule has 0 aliphatic rings. The Balaban J connectivity index is 3.09. The maximum Gasteiger partial charge on any atom is 0.417 e. The molecule has 0 bridgehead atoms. The maximum atomic E-state index is 12.3. The minimum absolute atomic E-state index is 0.449. The number of nitrogens with one attached hydrogen (secondary N) is 2. The van der Waals surface area contributed by atoms with Crippen LogP contribution in [0.2, 0.25) is 0 Å². The fraction of sp³-hybridized carbons (Fsp3) is 0.250. The molecule has 0 atom stereocenters. The van der Waals surface area contributed by atoms with Crippen molar-refractivity contribution in [3.8, 4) is 0 Å². The summed E-state index contributed by atoms with van der Waals surface area (Å²) in [5, 5.41) is 1.96. The van der Waals surface area contributed by atoms with Gasteiger partial charge >= 0.3 is 6.18 Å². The lowest BCUT2D eigenvalue weighted by Crippen LogP contribution is -2.22. The zero-order valence-electron chi connectivity index (χ0n) is 7.69. The van der Waals surface area contributed by atoms with Crippen LogP contribution in [-0.2, 0) is 11.0 Å². The van der Waals surface area contributed by atoms with Gasteiger partial charge in [-0.05, 0) is 6.07 Å². The van der Waals surface area contributed by atoms with Crippen molar-refractivity contribution in [1.82, 2.24) is 4.98 Å². The van der Waals surface area contributed by atoms with Gasteiger partial charge in [0, 0.05) is 6.20 Å². The van der Waals surface area contributed by atoms with Crippen LogP contribution in [0.3, 0.4) is 0 Å². The van der Waals surface area contributed by atoms with Crippen LogP contribution in [0.4, 0.5) is 18.9 Å². The third-order valence-corrected chi connectivity index (χ3v) is 1.87. The normalized spacial score (nSPS) is 11.2. The Morgan fingerprint density at radius 1 is 1.50 bits per heavy atom. The molecule has 88 valence electrons. The van der Waals surface area contributed by atoms with E-state index < -0.39 is 34.8 Å². The summed E-state index contributed by atoms with van der Waals surface area (Å²) in [5.74, 6) is -1.21. The van der Waals surface area contributed by atoms with E-state index in [9.17, 15) is 22.8 Å². The molecule has 0 unspecified atom stereocenters. The summed E-state index contributed by atoms with van der Waals surface area (Å²) < 4.78 is 36.8. The van der Waals surface area contributed by atoms with E-state index in [-0.39, 0.29) is 0 Å². The van der Waals surface area contributed by atoms with Gasteiger partial charge in [-0.3, -0.25) is 9.59 Å². The summed E-state index contributed by atoms with van der Waals surface area (Å²) in [6.45, 7) is 0. The summed E-state index contributed by atoms with van der Waals surface area (Å²) in [6, 6.07) is 0.545. The molecule has 8 heteroatoms. The van der Waals surface area contributed by atoms with E-state index in [1.165, 1.54) is 0 Å². The summed E-state index contributed by atoms with van der Waals surface area (Å²) in [5.41, 5.74) is -2.37. The number of carbonyl (C=O) groups excluding carboxylic acids is 1. The smallest absolute Gasteiger partial charge is 0.327 e. The first kappa shape index (κ1) is 12.6. The van der Waals surface area contributed by atoms with Crippen LogP contribution in [0.1, 0.15) is 5.56 Å². The highest BCUT2D eigenvalue weighted by Gasteiger charge is 2.31. The quantitative estimate of drug-likeness (QED) is 0.787. The van der Waals surface area contributed by atoms with Crippen LogP contribution < -0.4 is 10.9 Å². The maximum absolute atomic E-state index is 12.3. The molecule has 4 nitrogen and oxygen atoms in total. The molecule has 0 saturated heterocycles. The minimum Gasteiger partial charge on any atom is -0.327 e. The second-order valence-corrected chi connectivity index (χ2v) is 3.08. The second-order valence-electron chi connectivity index (χ2n) is 2.81. The number of pyridine rings is 1. The van der Waals surface area contributed by atoms with E-state index in [1.807, 2.05) is 10.3 Å². The first-order valence-corrected chi connectivity index (χ1v) is 4.54. The summed E-state index contributed by atoms with van der Waals surface area (Å²) in [7, 11) is 0. The Morgan fingerprint density at radius 2 is 2.12 bits per heavy atom. The van der Waals surface area contributed by atoms with E-state index in [2.05, 4.69) is 0 Å². The number of hydrogen-bond acceptors (Lipinski definition) is 2. The van der Waals surface area contributed by atoms with Crippen molar-refractivity contribution < 1.29 is 18.0 Å². The Hall–Kier alpha value is -1.50. The SMILES string of the molecule is O=C(CCl)Nc1cc(C(F)(F)F)c[nH]c1=O. The first-order valence-electron chi connectivity index (χ1n) is 4.00. The highest BCUT2D eigenvalue weighted by Crippen LogP contribution is 2.28. The molecule has 0 aromatic carbocycles. The van der Waals surface area contributed by atoms with Crippen LogP contribution in [0.5, 0.6) is 0 Å². The van der Waals surface area contributed by atoms with E-state index in [0.717, 1.165) is 0 Å². The molecule has 0 fully saturated rings. The van der Waals surface area contributed by atoms with Gasteiger partial charge in [0.2, 0.25) is 5.91 Å². The van der Waals surface area contributed by atoms with Crippen molar-refractivity contribution in [2.24, 2.45) is 0 Å².